The Kier molecular flexibility index (Phi) is 7.03. The number of carbonyl (C=O) groups is 3. The SMILES string of the molecule is COC(=O)c1ccc(NC(=O)[C@@H](NC(=O)Cc2cccc3ccccc23)C(C)C)cc1. The average molecular weight is 418 g/mol. The van der Waals surface area contributed by atoms with E-state index in [4.69, 9.17) is 0 Å². The Bertz CT molecular complexity index is 1080. The van der Waals surface area contributed by atoms with Crippen molar-refractivity contribution in [1.82, 2.24) is 5.32 Å². The smallest absolute Gasteiger partial charge is 0.337 e. The van der Waals surface area contributed by atoms with Gasteiger partial charge in [0.2, 0.25) is 11.8 Å². The van der Waals surface area contributed by atoms with Gasteiger partial charge in [-0.25, -0.2) is 4.79 Å². The molecule has 0 saturated heterocycles. The van der Waals surface area contributed by atoms with E-state index in [0.717, 1.165) is 16.3 Å². The summed E-state index contributed by atoms with van der Waals surface area (Å²) in [6.45, 7) is 3.76. The molecule has 0 aliphatic carbocycles. The molecule has 0 spiro atoms. The summed E-state index contributed by atoms with van der Waals surface area (Å²) in [4.78, 5) is 37.1. The Balaban J connectivity index is 1.68. The molecule has 6 heteroatoms. The molecule has 0 aliphatic heterocycles. The van der Waals surface area contributed by atoms with Gasteiger partial charge in [0.05, 0.1) is 19.1 Å². The molecule has 0 saturated carbocycles. The van der Waals surface area contributed by atoms with E-state index in [1.807, 2.05) is 56.3 Å². The van der Waals surface area contributed by atoms with Crippen molar-refractivity contribution < 1.29 is 19.1 Å². The van der Waals surface area contributed by atoms with Gasteiger partial charge in [-0.3, -0.25) is 9.59 Å². The molecule has 3 rings (SSSR count). The molecule has 0 fully saturated rings. The second kappa shape index (κ2) is 9.89. The molecular weight excluding hydrogens is 392 g/mol. The third-order valence-electron chi connectivity index (χ3n) is 5.07. The zero-order chi connectivity index (χ0) is 22.4. The van der Waals surface area contributed by atoms with Gasteiger partial charge in [-0.15, -0.1) is 0 Å². The predicted molar refractivity (Wildman–Crippen MR) is 121 cm³/mol. The highest BCUT2D eigenvalue weighted by Crippen LogP contribution is 2.19. The van der Waals surface area contributed by atoms with E-state index in [-0.39, 0.29) is 24.2 Å². The second-order valence-electron chi connectivity index (χ2n) is 7.66. The molecule has 0 aliphatic rings. The molecule has 31 heavy (non-hydrogen) atoms. The molecule has 2 amide bonds. The zero-order valence-electron chi connectivity index (χ0n) is 17.8. The summed E-state index contributed by atoms with van der Waals surface area (Å²) in [6, 6.07) is 19.5. The van der Waals surface area contributed by atoms with Crippen molar-refractivity contribution in [3.05, 3.63) is 77.9 Å². The normalized spacial score (nSPS) is 11.7. The van der Waals surface area contributed by atoms with Crippen LogP contribution in [0.4, 0.5) is 5.69 Å². The number of anilines is 1. The van der Waals surface area contributed by atoms with Crippen LogP contribution in [-0.2, 0) is 20.7 Å². The molecule has 3 aromatic rings. The van der Waals surface area contributed by atoms with Crippen molar-refractivity contribution in [2.75, 3.05) is 12.4 Å². The van der Waals surface area contributed by atoms with E-state index >= 15 is 0 Å². The highest BCUT2D eigenvalue weighted by atomic mass is 16.5. The van der Waals surface area contributed by atoms with Crippen LogP contribution in [0.2, 0.25) is 0 Å². The number of benzene rings is 3. The summed E-state index contributed by atoms with van der Waals surface area (Å²) in [6.07, 6.45) is 0.186. The Labute approximate surface area is 181 Å². The van der Waals surface area contributed by atoms with Gasteiger partial charge in [0.25, 0.3) is 0 Å². The van der Waals surface area contributed by atoms with Crippen LogP contribution in [0.3, 0.4) is 0 Å². The summed E-state index contributed by atoms with van der Waals surface area (Å²) in [7, 11) is 1.31. The topological polar surface area (TPSA) is 84.5 Å². The number of rotatable bonds is 7. The summed E-state index contributed by atoms with van der Waals surface area (Å²) < 4.78 is 4.67. The van der Waals surface area contributed by atoms with Crippen LogP contribution in [0, 0.1) is 5.92 Å². The van der Waals surface area contributed by atoms with Gasteiger partial charge >= 0.3 is 5.97 Å². The number of hydrogen-bond acceptors (Lipinski definition) is 4. The van der Waals surface area contributed by atoms with E-state index in [9.17, 15) is 14.4 Å². The maximum absolute atomic E-state index is 12.8. The average Bonchev–Trinajstić information content (AvgIpc) is 2.77. The minimum Gasteiger partial charge on any atom is -0.465 e. The lowest BCUT2D eigenvalue weighted by Gasteiger charge is -2.22. The predicted octanol–water partition coefficient (Wildman–Crippen LogP) is 3.95. The van der Waals surface area contributed by atoms with Crippen LogP contribution in [0.25, 0.3) is 10.8 Å². The molecule has 1 atom stereocenters. The molecule has 0 unspecified atom stereocenters. The molecule has 0 bridgehead atoms. The Hall–Kier alpha value is -3.67. The number of carbonyl (C=O) groups excluding carboxylic acids is 3. The number of ether oxygens (including phenoxy) is 1. The number of esters is 1. The number of hydrogen-bond donors (Lipinski definition) is 2. The highest BCUT2D eigenvalue weighted by Gasteiger charge is 2.24. The van der Waals surface area contributed by atoms with Crippen molar-refractivity contribution in [1.29, 1.82) is 0 Å². The lowest BCUT2D eigenvalue weighted by Crippen LogP contribution is -2.47. The highest BCUT2D eigenvalue weighted by molar-refractivity contribution is 5.99. The van der Waals surface area contributed by atoms with Crippen LogP contribution in [0.15, 0.2) is 66.7 Å². The van der Waals surface area contributed by atoms with Crippen LogP contribution >= 0.6 is 0 Å². The van der Waals surface area contributed by atoms with Crippen LogP contribution < -0.4 is 10.6 Å². The summed E-state index contributed by atoms with van der Waals surface area (Å²) in [5, 5.41) is 7.76. The number of amides is 2. The molecule has 160 valence electrons. The molecule has 3 aromatic carbocycles. The molecule has 0 radical (unpaired) electrons. The van der Waals surface area contributed by atoms with Gasteiger partial charge in [0.15, 0.2) is 0 Å². The van der Waals surface area contributed by atoms with Gasteiger partial charge < -0.3 is 15.4 Å². The Morgan fingerprint density at radius 3 is 2.26 bits per heavy atom. The fourth-order valence-corrected chi connectivity index (χ4v) is 3.41. The van der Waals surface area contributed by atoms with E-state index in [1.165, 1.54) is 7.11 Å². The van der Waals surface area contributed by atoms with Crippen LogP contribution in [-0.4, -0.2) is 30.9 Å². The second-order valence-corrected chi connectivity index (χ2v) is 7.66. The van der Waals surface area contributed by atoms with E-state index in [0.29, 0.717) is 11.3 Å². The Morgan fingerprint density at radius 2 is 1.58 bits per heavy atom. The first-order valence-electron chi connectivity index (χ1n) is 10.1. The van der Waals surface area contributed by atoms with E-state index in [1.54, 1.807) is 24.3 Å². The van der Waals surface area contributed by atoms with Gasteiger partial charge in [-0.1, -0.05) is 56.3 Å². The molecular formula is C25H26N2O4. The molecule has 0 heterocycles. The third-order valence-corrected chi connectivity index (χ3v) is 5.07. The van der Waals surface area contributed by atoms with E-state index in [2.05, 4.69) is 15.4 Å². The third kappa shape index (κ3) is 5.48. The first kappa shape index (κ1) is 22.0. The minimum absolute atomic E-state index is 0.106. The monoisotopic (exact) mass is 418 g/mol. The largest absolute Gasteiger partial charge is 0.465 e. The van der Waals surface area contributed by atoms with Crippen LogP contribution in [0.1, 0.15) is 29.8 Å². The fourth-order valence-electron chi connectivity index (χ4n) is 3.41. The first-order valence-corrected chi connectivity index (χ1v) is 10.1. The summed E-state index contributed by atoms with van der Waals surface area (Å²) in [5.74, 6) is -1.08. The van der Waals surface area contributed by atoms with Gasteiger partial charge in [-0.2, -0.15) is 0 Å². The summed E-state index contributed by atoms with van der Waals surface area (Å²) in [5.41, 5.74) is 1.84. The van der Waals surface area contributed by atoms with Crippen LogP contribution in [0.5, 0.6) is 0 Å². The minimum atomic E-state index is -0.692. The summed E-state index contributed by atoms with van der Waals surface area (Å²) >= 11 is 0. The maximum Gasteiger partial charge on any atom is 0.337 e. The lowest BCUT2D eigenvalue weighted by molar-refractivity contribution is -0.127. The standard InChI is InChI=1S/C25H26N2O4/c1-16(2)23(24(29)26-20-13-11-18(12-14-20)25(30)31-3)27-22(28)15-19-9-6-8-17-7-4-5-10-21(17)19/h4-14,16,23H,15H2,1-3H3,(H,26,29)(H,27,28)/t23-/m0/s1. The first-order chi connectivity index (χ1) is 14.9. The maximum atomic E-state index is 12.8. The Morgan fingerprint density at radius 1 is 0.903 bits per heavy atom. The van der Waals surface area contributed by atoms with Crippen molar-refractivity contribution in [2.24, 2.45) is 5.92 Å². The zero-order valence-corrected chi connectivity index (χ0v) is 17.8. The number of nitrogens with one attached hydrogen (secondary N) is 2. The molecule has 6 nitrogen and oxygen atoms in total. The lowest BCUT2D eigenvalue weighted by atomic mass is 10.00. The quantitative estimate of drug-likeness (QED) is 0.569. The number of methoxy groups -OCH3 is 1. The van der Waals surface area contributed by atoms with E-state index < -0.39 is 12.0 Å². The number of fused-ring (bicyclic) bond motifs is 1. The van der Waals surface area contributed by atoms with Crippen molar-refractivity contribution in [3.8, 4) is 0 Å². The fraction of sp³-hybridized carbons (Fsp3) is 0.240. The van der Waals surface area contributed by atoms with Crippen molar-refractivity contribution >= 4 is 34.2 Å². The van der Waals surface area contributed by atoms with Crippen molar-refractivity contribution in [3.63, 3.8) is 0 Å². The van der Waals surface area contributed by atoms with Gasteiger partial charge in [-0.05, 0) is 46.5 Å². The van der Waals surface area contributed by atoms with Gasteiger partial charge in [0.1, 0.15) is 6.04 Å². The molecule has 2 N–H and O–H groups in total. The van der Waals surface area contributed by atoms with Crippen molar-refractivity contribution in [2.45, 2.75) is 26.3 Å². The van der Waals surface area contributed by atoms with Gasteiger partial charge in [0, 0.05) is 5.69 Å². The molecule has 0 aromatic heterocycles.